The Balaban J connectivity index is 2.43. The molecular formula is C9H15BrN4. The molecule has 1 aromatic rings. The van der Waals surface area contributed by atoms with Crippen molar-refractivity contribution in [1.29, 1.82) is 0 Å². The summed E-state index contributed by atoms with van der Waals surface area (Å²) in [4.78, 5) is 0. The van der Waals surface area contributed by atoms with Crippen LogP contribution in [0.3, 0.4) is 0 Å². The highest BCUT2D eigenvalue weighted by Gasteiger charge is 2.23. The van der Waals surface area contributed by atoms with E-state index in [-0.39, 0.29) is 0 Å². The third-order valence-corrected chi connectivity index (χ3v) is 3.47. The molecule has 3 N–H and O–H groups in total. The van der Waals surface area contributed by atoms with Crippen LogP contribution in [0.25, 0.3) is 0 Å². The van der Waals surface area contributed by atoms with Crippen LogP contribution >= 0.6 is 15.9 Å². The van der Waals surface area contributed by atoms with Gasteiger partial charge in [-0.3, -0.25) is 0 Å². The van der Waals surface area contributed by atoms with E-state index >= 15 is 0 Å². The normalized spacial score (nSPS) is 20.4. The number of hydrogen-bond acceptors (Lipinski definition) is 3. The molecule has 2 rings (SSSR count). The van der Waals surface area contributed by atoms with Crippen LogP contribution in [0.1, 0.15) is 25.1 Å². The molecule has 0 bridgehead atoms. The van der Waals surface area contributed by atoms with Gasteiger partial charge in [-0.2, -0.15) is 5.10 Å². The fourth-order valence-corrected chi connectivity index (χ4v) is 2.49. The summed E-state index contributed by atoms with van der Waals surface area (Å²) in [6, 6.07) is 0.350. The molecule has 0 fully saturated rings. The summed E-state index contributed by atoms with van der Waals surface area (Å²) in [7, 11) is 0. The molecule has 0 aromatic carbocycles. The standard InChI is InChI=1S/C9H15BrN4/c1-2-7-8(10)9-12-4-3-6(5-11)14(9)13-7/h6,12H,2-5,11H2,1H3. The summed E-state index contributed by atoms with van der Waals surface area (Å²) in [5.41, 5.74) is 6.82. The van der Waals surface area contributed by atoms with Gasteiger partial charge in [0.25, 0.3) is 0 Å². The molecule has 1 aliphatic heterocycles. The number of nitrogens with zero attached hydrogens (tertiary/aromatic N) is 2. The van der Waals surface area contributed by atoms with Gasteiger partial charge in [0.15, 0.2) is 0 Å². The van der Waals surface area contributed by atoms with Crippen molar-refractivity contribution in [2.75, 3.05) is 18.4 Å². The Morgan fingerprint density at radius 3 is 3.14 bits per heavy atom. The lowest BCUT2D eigenvalue weighted by Crippen LogP contribution is -2.28. The molecule has 1 unspecified atom stereocenters. The zero-order valence-corrected chi connectivity index (χ0v) is 9.84. The molecular weight excluding hydrogens is 244 g/mol. The lowest BCUT2D eigenvalue weighted by atomic mass is 10.2. The zero-order chi connectivity index (χ0) is 10.1. The minimum Gasteiger partial charge on any atom is -0.369 e. The highest BCUT2D eigenvalue weighted by molar-refractivity contribution is 9.10. The quantitative estimate of drug-likeness (QED) is 0.846. The molecule has 1 atom stereocenters. The van der Waals surface area contributed by atoms with Gasteiger partial charge < -0.3 is 11.1 Å². The molecule has 0 aliphatic carbocycles. The first-order valence-electron chi connectivity index (χ1n) is 4.98. The van der Waals surface area contributed by atoms with Crippen molar-refractivity contribution in [3.63, 3.8) is 0 Å². The third kappa shape index (κ3) is 1.44. The number of aromatic nitrogens is 2. The molecule has 0 amide bonds. The minimum absolute atomic E-state index is 0.350. The maximum Gasteiger partial charge on any atom is 0.139 e. The van der Waals surface area contributed by atoms with E-state index < -0.39 is 0 Å². The molecule has 1 aromatic heterocycles. The number of nitrogens with two attached hydrogens (primary N) is 1. The van der Waals surface area contributed by atoms with Crippen molar-refractivity contribution in [3.05, 3.63) is 10.2 Å². The van der Waals surface area contributed by atoms with E-state index in [9.17, 15) is 0 Å². The zero-order valence-electron chi connectivity index (χ0n) is 8.26. The molecule has 5 heteroatoms. The van der Waals surface area contributed by atoms with Crippen LogP contribution in [-0.4, -0.2) is 22.9 Å². The Kier molecular flexibility index (Phi) is 2.78. The highest BCUT2D eigenvalue weighted by atomic mass is 79.9. The number of halogens is 1. The molecule has 0 spiro atoms. The monoisotopic (exact) mass is 258 g/mol. The summed E-state index contributed by atoms with van der Waals surface area (Å²) in [6.45, 7) is 3.75. The predicted molar refractivity (Wildman–Crippen MR) is 60.5 cm³/mol. The molecule has 14 heavy (non-hydrogen) atoms. The topological polar surface area (TPSA) is 55.9 Å². The molecule has 0 saturated heterocycles. The van der Waals surface area contributed by atoms with Crippen molar-refractivity contribution >= 4 is 21.7 Å². The first-order valence-corrected chi connectivity index (χ1v) is 5.78. The predicted octanol–water partition coefficient (Wildman–Crippen LogP) is 1.52. The maximum absolute atomic E-state index is 5.71. The van der Waals surface area contributed by atoms with Gasteiger partial charge in [0.05, 0.1) is 16.2 Å². The van der Waals surface area contributed by atoms with Crippen LogP contribution in [0.15, 0.2) is 4.47 Å². The average Bonchev–Trinajstić information content (AvgIpc) is 2.55. The lowest BCUT2D eigenvalue weighted by molar-refractivity contribution is 0.425. The molecule has 78 valence electrons. The first kappa shape index (κ1) is 9.98. The van der Waals surface area contributed by atoms with Gasteiger partial charge in [-0.1, -0.05) is 6.92 Å². The second-order valence-electron chi connectivity index (χ2n) is 3.51. The summed E-state index contributed by atoms with van der Waals surface area (Å²) in [5.74, 6) is 1.09. The van der Waals surface area contributed by atoms with E-state index in [1.54, 1.807) is 0 Å². The first-order chi connectivity index (χ1) is 6.77. The third-order valence-electron chi connectivity index (χ3n) is 2.64. The largest absolute Gasteiger partial charge is 0.369 e. The summed E-state index contributed by atoms with van der Waals surface area (Å²) < 4.78 is 3.12. The van der Waals surface area contributed by atoms with Gasteiger partial charge in [0, 0.05) is 13.1 Å². The Bertz CT molecular complexity index is 334. The maximum atomic E-state index is 5.71. The van der Waals surface area contributed by atoms with Gasteiger partial charge in [-0.25, -0.2) is 4.68 Å². The number of aryl methyl sites for hydroxylation is 1. The van der Waals surface area contributed by atoms with Crippen LogP contribution < -0.4 is 11.1 Å². The fraction of sp³-hybridized carbons (Fsp3) is 0.667. The SMILES string of the molecule is CCc1nn2c(c1Br)NCCC2CN. The van der Waals surface area contributed by atoms with Gasteiger partial charge in [0.1, 0.15) is 5.82 Å². The second kappa shape index (κ2) is 3.90. The van der Waals surface area contributed by atoms with Crippen molar-refractivity contribution < 1.29 is 0 Å². The summed E-state index contributed by atoms with van der Waals surface area (Å²) in [5, 5.41) is 7.90. The van der Waals surface area contributed by atoms with Crippen LogP contribution in [0, 0.1) is 0 Å². The molecule has 1 aliphatic rings. The number of rotatable bonds is 2. The number of fused-ring (bicyclic) bond motifs is 1. The van der Waals surface area contributed by atoms with Crippen molar-refractivity contribution in [2.45, 2.75) is 25.8 Å². The van der Waals surface area contributed by atoms with E-state index in [1.165, 1.54) is 0 Å². The van der Waals surface area contributed by atoms with Crippen molar-refractivity contribution in [2.24, 2.45) is 5.73 Å². The number of hydrogen-bond donors (Lipinski definition) is 2. The van der Waals surface area contributed by atoms with Gasteiger partial charge >= 0.3 is 0 Å². The van der Waals surface area contributed by atoms with Crippen molar-refractivity contribution in [3.8, 4) is 0 Å². The summed E-state index contributed by atoms with van der Waals surface area (Å²) >= 11 is 3.57. The fourth-order valence-electron chi connectivity index (χ4n) is 1.81. The van der Waals surface area contributed by atoms with Gasteiger partial charge in [-0.15, -0.1) is 0 Å². The number of anilines is 1. The van der Waals surface area contributed by atoms with Crippen LogP contribution in [-0.2, 0) is 6.42 Å². The Morgan fingerprint density at radius 1 is 1.71 bits per heavy atom. The average molecular weight is 259 g/mol. The smallest absolute Gasteiger partial charge is 0.139 e. The van der Waals surface area contributed by atoms with Crippen molar-refractivity contribution in [1.82, 2.24) is 9.78 Å². The molecule has 0 radical (unpaired) electrons. The molecule has 0 saturated carbocycles. The second-order valence-corrected chi connectivity index (χ2v) is 4.31. The van der Waals surface area contributed by atoms with Gasteiger partial charge in [-0.05, 0) is 28.8 Å². The van der Waals surface area contributed by atoms with Gasteiger partial charge in [0.2, 0.25) is 0 Å². The summed E-state index contributed by atoms with van der Waals surface area (Å²) in [6.07, 6.45) is 2.00. The van der Waals surface area contributed by atoms with Crippen LogP contribution in [0.2, 0.25) is 0 Å². The number of nitrogens with one attached hydrogen (secondary N) is 1. The van der Waals surface area contributed by atoms with Crippen LogP contribution in [0.5, 0.6) is 0 Å². The molecule has 2 heterocycles. The Morgan fingerprint density at radius 2 is 2.50 bits per heavy atom. The van der Waals surface area contributed by atoms with E-state index in [0.717, 1.165) is 35.4 Å². The minimum atomic E-state index is 0.350. The highest BCUT2D eigenvalue weighted by Crippen LogP contribution is 2.32. The van der Waals surface area contributed by atoms with E-state index in [4.69, 9.17) is 5.73 Å². The lowest BCUT2D eigenvalue weighted by Gasteiger charge is -2.24. The van der Waals surface area contributed by atoms with E-state index in [1.807, 2.05) is 4.68 Å². The van der Waals surface area contributed by atoms with E-state index in [2.05, 4.69) is 33.3 Å². The van der Waals surface area contributed by atoms with E-state index in [0.29, 0.717) is 12.6 Å². The molecule has 4 nitrogen and oxygen atoms in total. The van der Waals surface area contributed by atoms with Crippen LogP contribution in [0.4, 0.5) is 5.82 Å². The Labute approximate surface area is 92.0 Å². The Hall–Kier alpha value is -0.550.